The Balaban J connectivity index is 1.51. The Morgan fingerprint density at radius 1 is 1.03 bits per heavy atom. The fourth-order valence-electron chi connectivity index (χ4n) is 4.23. The lowest BCUT2D eigenvalue weighted by Crippen LogP contribution is -2.21. The average molecular weight is 441 g/mol. The van der Waals surface area contributed by atoms with Crippen molar-refractivity contribution in [1.82, 2.24) is 14.4 Å². The van der Waals surface area contributed by atoms with E-state index in [2.05, 4.69) is 45.7 Å². The van der Waals surface area contributed by atoms with Crippen LogP contribution in [0.3, 0.4) is 0 Å². The van der Waals surface area contributed by atoms with Gasteiger partial charge < -0.3 is 24.9 Å². The third kappa shape index (κ3) is 3.99. The highest BCUT2D eigenvalue weighted by atomic mass is 16.3. The second kappa shape index (κ2) is 8.39. The highest BCUT2D eigenvalue weighted by Crippen LogP contribution is 2.31. The number of nitrogens with zero attached hydrogens (tertiary/aromatic N) is 2. The Labute approximate surface area is 192 Å². The molecular formula is C27H28N4O2. The van der Waals surface area contributed by atoms with Crippen molar-refractivity contribution < 1.29 is 10.2 Å². The molecule has 2 aromatic carbocycles. The summed E-state index contributed by atoms with van der Waals surface area (Å²) in [6, 6.07) is 16.7. The number of nitrogens with one attached hydrogen (secondary N) is 2. The Bertz CT molecular complexity index is 1410. The summed E-state index contributed by atoms with van der Waals surface area (Å²) in [4.78, 5) is 7.86. The quantitative estimate of drug-likeness (QED) is 0.286. The van der Waals surface area contributed by atoms with E-state index in [0.717, 1.165) is 50.2 Å². The molecule has 5 rings (SSSR count). The number of fused-ring (bicyclic) bond motifs is 2. The number of pyridine rings is 1. The molecule has 0 bridgehead atoms. The summed E-state index contributed by atoms with van der Waals surface area (Å²) in [5.74, 6) is 0. The zero-order valence-corrected chi connectivity index (χ0v) is 18.8. The molecule has 168 valence electrons. The van der Waals surface area contributed by atoms with Crippen molar-refractivity contribution in [3.05, 3.63) is 84.4 Å². The third-order valence-corrected chi connectivity index (χ3v) is 6.31. The Hall–Kier alpha value is -3.61. The van der Waals surface area contributed by atoms with Gasteiger partial charge in [0.1, 0.15) is 0 Å². The molecule has 0 fully saturated rings. The molecule has 5 aromatic rings. The first-order chi connectivity index (χ1) is 16.0. The van der Waals surface area contributed by atoms with Gasteiger partial charge in [0.25, 0.3) is 0 Å². The SMILES string of the molecule is CC(C)(CO)c1ccc(Nc2cc(-c3ccc4c(CCO)c[nH]c4c3)cn3ccnc23)cc1. The van der Waals surface area contributed by atoms with Crippen LogP contribution >= 0.6 is 0 Å². The van der Waals surface area contributed by atoms with Crippen molar-refractivity contribution >= 4 is 27.9 Å². The molecule has 0 spiro atoms. The minimum atomic E-state index is -0.275. The second-order valence-electron chi connectivity index (χ2n) is 9.09. The summed E-state index contributed by atoms with van der Waals surface area (Å²) >= 11 is 0. The molecule has 0 aliphatic heterocycles. The summed E-state index contributed by atoms with van der Waals surface area (Å²) in [6.45, 7) is 4.30. The highest BCUT2D eigenvalue weighted by molar-refractivity contribution is 5.89. The van der Waals surface area contributed by atoms with Crippen LogP contribution in [-0.2, 0) is 11.8 Å². The number of imidazole rings is 1. The van der Waals surface area contributed by atoms with Crippen molar-refractivity contribution in [2.45, 2.75) is 25.7 Å². The van der Waals surface area contributed by atoms with Gasteiger partial charge in [0.2, 0.25) is 0 Å². The highest BCUT2D eigenvalue weighted by Gasteiger charge is 2.19. The molecular weight excluding hydrogens is 412 g/mol. The predicted molar refractivity (Wildman–Crippen MR) is 133 cm³/mol. The molecule has 0 saturated heterocycles. The molecule has 0 saturated carbocycles. The van der Waals surface area contributed by atoms with Crippen LogP contribution in [0, 0.1) is 0 Å². The monoisotopic (exact) mass is 440 g/mol. The average Bonchev–Trinajstić information content (AvgIpc) is 3.46. The van der Waals surface area contributed by atoms with Crippen LogP contribution in [0.2, 0.25) is 0 Å². The van der Waals surface area contributed by atoms with Crippen LogP contribution in [0.1, 0.15) is 25.0 Å². The number of aromatic amines is 1. The van der Waals surface area contributed by atoms with Crippen LogP contribution in [0.25, 0.3) is 27.7 Å². The minimum Gasteiger partial charge on any atom is -0.396 e. The summed E-state index contributed by atoms with van der Waals surface area (Å²) in [5.41, 5.74) is 7.89. The molecule has 4 N–H and O–H groups in total. The van der Waals surface area contributed by atoms with E-state index in [1.165, 1.54) is 0 Å². The lowest BCUT2D eigenvalue weighted by atomic mass is 9.85. The van der Waals surface area contributed by atoms with Gasteiger partial charge in [-0.2, -0.15) is 0 Å². The molecule has 0 radical (unpaired) electrons. The molecule has 3 aromatic heterocycles. The van der Waals surface area contributed by atoms with Crippen LogP contribution in [0.15, 0.2) is 73.3 Å². The number of hydrogen-bond acceptors (Lipinski definition) is 4. The van der Waals surface area contributed by atoms with Gasteiger partial charge in [-0.05, 0) is 47.4 Å². The zero-order valence-electron chi connectivity index (χ0n) is 18.8. The molecule has 0 aliphatic carbocycles. The van der Waals surface area contributed by atoms with Gasteiger partial charge in [-0.25, -0.2) is 4.98 Å². The topological polar surface area (TPSA) is 85.6 Å². The fraction of sp³-hybridized carbons (Fsp3) is 0.222. The van der Waals surface area contributed by atoms with Gasteiger partial charge >= 0.3 is 0 Å². The first-order valence-electron chi connectivity index (χ1n) is 11.1. The predicted octanol–water partition coefficient (Wildman–Crippen LogP) is 5.03. The van der Waals surface area contributed by atoms with E-state index in [0.29, 0.717) is 6.42 Å². The summed E-state index contributed by atoms with van der Waals surface area (Å²) in [6.07, 6.45) is 8.44. The van der Waals surface area contributed by atoms with Gasteiger partial charge in [0.15, 0.2) is 5.65 Å². The van der Waals surface area contributed by atoms with Crippen LogP contribution < -0.4 is 5.32 Å². The van der Waals surface area contributed by atoms with Crippen molar-refractivity contribution in [2.75, 3.05) is 18.5 Å². The van der Waals surface area contributed by atoms with Crippen molar-refractivity contribution in [3.63, 3.8) is 0 Å². The largest absolute Gasteiger partial charge is 0.396 e. The van der Waals surface area contributed by atoms with E-state index >= 15 is 0 Å². The standard InChI is InChI=1S/C27H28N4O2/c1-27(2,17-33)21-4-6-22(7-5-21)30-25-14-20(16-31-11-10-28-26(25)31)18-3-8-23-19(9-12-32)15-29-24(23)13-18/h3-8,10-11,13-16,29-30,32-33H,9,12,17H2,1-2H3. The van der Waals surface area contributed by atoms with Crippen LogP contribution in [0.4, 0.5) is 11.4 Å². The smallest absolute Gasteiger partial charge is 0.160 e. The number of hydrogen-bond donors (Lipinski definition) is 4. The minimum absolute atomic E-state index is 0.100. The molecule has 3 heterocycles. The number of anilines is 2. The molecule has 0 amide bonds. The van der Waals surface area contributed by atoms with Crippen molar-refractivity contribution in [1.29, 1.82) is 0 Å². The maximum Gasteiger partial charge on any atom is 0.160 e. The van der Waals surface area contributed by atoms with E-state index in [1.807, 2.05) is 54.9 Å². The Morgan fingerprint density at radius 3 is 2.61 bits per heavy atom. The van der Waals surface area contributed by atoms with E-state index < -0.39 is 0 Å². The molecule has 33 heavy (non-hydrogen) atoms. The summed E-state index contributed by atoms with van der Waals surface area (Å²) < 4.78 is 2.02. The number of aliphatic hydroxyl groups excluding tert-OH is 2. The number of aliphatic hydroxyl groups is 2. The first-order valence-corrected chi connectivity index (χ1v) is 11.1. The normalized spacial score (nSPS) is 12.0. The third-order valence-electron chi connectivity index (χ3n) is 6.31. The molecule has 6 nitrogen and oxygen atoms in total. The number of benzene rings is 2. The zero-order chi connectivity index (χ0) is 23.0. The summed E-state index contributed by atoms with van der Waals surface area (Å²) in [7, 11) is 0. The maximum atomic E-state index is 9.64. The van der Waals surface area contributed by atoms with Gasteiger partial charge in [0, 0.05) is 59.0 Å². The maximum absolute atomic E-state index is 9.64. The van der Waals surface area contributed by atoms with E-state index in [4.69, 9.17) is 0 Å². The number of rotatable bonds is 7. The molecule has 0 unspecified atom stereocenters. The van der Waals surface area contributed by atoms with Gasteiger partial charge in [0.05, 0.1) is 12.3 Å². The molecule has 0 atom stereocenters. The Kier molecular flexibility index (Phi) is 5.40. The van der Waals surface area contributed by atoms with Gasteiger partial charge in [-0.15, -0.1) is 0 Å². The second-order valence-corrected chi connectivity index (χ2v) is 9.09. The lowest BCUT2D eigenvalue weighted by molar-refractivity contribution is 0.218. The Morgan fingerprint density at radius 2 is 1.85 bits per heavy atom. The van der Waals surface area contributed by atoms with E-state index in [1.54, 1.807) is 6.20 Å². The van der Waals surface area contributed by atoms with Gasteiger partial charge in [-0.3, -0.25) is 0 Å². The fourth-order valence-corrected chi connectivity index (χ4v) is 4.23. The van der Waals surface area contributed by atoms with Crippen LogP contribution in [0.5, 0.6) is 0 Å². The van der Waals surface area contributed by atoms with Crippen molar-refractivity contribution in [3.8, 4) is 11.1 Å². The molecule has 6 heteroatoms. The lowest BCUT2D eigenvalue weighted by Gasteiger charge is -2.22. The first kappa shape index (κ1) is 21.2. The number of H-pyrrole nitrogens is 1. The number of aromatic nitrogens is 3. The van der Waals surface area contributed by atoms with E-state index in [9.17, 15) is 10.2 Å². The van der Waals surface area contributed by atoms with E-state index in [-0.39, 0.29) is 18.6 Å². The van der Waals surface area contributed by atoms with Gasteiger partial charge in [-0.1, -0.05) is 38.1 Å². The van der Waals surface area contributed by atoms with Crippen molar-refractivity contribution in [2.24, 2.45) is 0 Å². The van der Waals surface area contributed by atoms with Crippen LogP contribution in [-0.4, -0.2) is 37.8 Å². The molecule has 0 aliphatic rings. The summed E-state index contributed by atoms with van der Waals surface area (Å²) in [5, 5.41) is 23.6.